The maximum absolute atomic E-state index is 4.87. The van der Waals surface area contributed by atoms with Crippen LogP contribution in [-0.4, -0.2) is 21.5 Å². The number of nitrogens with one attached hydrogen (secondary N) is 2. The topological polar surface area (TPSA) is 53.6 Å². The maximum Gasteiger partial charge on any atom is 0.138 e. The number of aromatic nitrogens is 3. The van der Waals surface area contributed by atoms with E-state index in [1.54, 1.807) is 11.3 Å². The molecule has 3 aromatic heterocycles. The first kappa shape index (κ1) is 17.9. The van der Waals surface area contributed by atoms with Gasteiger partial charge in [-0.2, -0.15) is 0 Å². The third-order valence-corrected chi connectivity index (χ3v) is 6.07. The molecule has 0 atom stereocenters. The fourth-order valence-electron chi connectivity index (χ4n) is 3.73. The Hall–Kier alpha value is -3.18. The summed E-state index contributed by atoms with van der Waals surface area (Å²) in [7, 11) is 0. The van der Waals surface area contributed by atoms with E-state index >= 15 is 0 Å². The lowest BCUT2D eigenvalue weighted by molar-refractivity contribution is 0.969. The molecule has 0 saturated heterocycles. The van der Waals surface area contributed by atoms with Crippen LogP contribution in [0.1, 0.15) is 21.8 Å². The average molecular weight is 399 g/mol. The third-order valence-electron chi connectivity index (χ3n) is 5.13. The molecule has 0 radical (unpaired) electrons. The lowest BCUT2D eigenvalue weighted by atomic mass is 10.1. The standard InChI is InChI=1S/C24H22N4S/c1-16-13-20-23(25-12-11-18-15-26-21-10-6-5-9-19(18)21)27-22(28-24(20)29-16)14-17-7-3-2-4-8-17/h2-10,13,15,26H,11-12,14H2,1H3,(H,25,27,28). The number of thiophene rings is 1. The fraction of sp³-hybridized carbons (Fsp3) is 0.167. The summed E-state index contributed by atoms with van der Waals surface area (Å²) in [6.07, 6.45) is 3.79. The summed E-state index contributed by atoms with van der Waals surface area (Å²) < 4.78 is 0. The van der Waals surface area contributed by atoms with E-state index in [-0.39, 0.29) is 0 Å². The number of hydrogen-bond donors (Lipinski definition) is 2. The van der Waals surface area contributed by atoms with Crippen LogP contribution in [0, 0.1) is 6.92 Å². The minimum Gasteiger partial charge on any atom is -0.369 e. The average Bonchev–Trinajstić information content (AvgIpc) is 3.32. The molecular weight excluding hydrogens is 376 g/mol. The molecule has 0 aliphatic heterocycles. The molecule has 2 N–H and O–H groups in total. The first-order valence-electron chi connectivity index (χ1n) is 9.86. The largest absolute Gasteiger partial charge is 0.369 e. The molecule has 0 saturated carbocycles. The number of anilines is 1. The summed E-state index contributed by atoms with van der Waals surface area (Å²) in [5, 5.41) is 5.98. The van der Waals surface area contributed by atoms with E-state index in [0.29, 0.717) is 0 Å². The summed E-state index contributed by atoms with van der Waals surface area (Å²) in [5.41, 5.74) is 3.74. The third kappa shape index (κ3) is 3.74. The second-order valence-corrected chi connectivity index (χ2v) is 8.50. The minimum atomic E-state index is 0.741. The van der Waals surface area contributed by atoms with Gasteiger partial charge in [-0.1, -0.05) is 48.5 Å². The molecule has 0 aliphatic rings. The van der Waals surface area contributed by atoms with Crippen molar-refractivity contribution in [2.45, 2.75) is 19.8 Å². The molecular formula is C24H22N4S. The molecule has 5 aromatic rings. The van der Waals surface area contributed by atoms with E-state index in [1.165, 1.54) is 26.9 Å². The quantitative estimate of drug-likeness (QED) is 0.384. The van der Waals surface area contributed by atoms with Gasteiger partial charge in [0.05, 0.1) is 5.39 Å². The Kier molecular flexibility index (Phi) is 4.74. The second-order valence-electron chi connectivity index (χ2n) is 7.26. The van der Waals surface area contributed by atoms with Gasteiger partial charge in [-0.15, -0.1) is 11.3 Å². The Bertz CT molecular complexity index is 1270. The lowest BCUT2D eigenvalue weighted by Crippen LogP contribution is -2.08. The fourth-order valence-corrected chi connectivity index (χ4v) is 4.63. The predicted molar refractivity (Wildman–Crippen MR) is 122 cm³/mol. The zero-order valence-corrected chi connectivity index (χ0v) is 17.1. The van der Waals surface area contributed by atoms with Crippen LogP contribution in [0.4, 0.5) is 5.82 Å². The number of para-hydroxylation sites is 1. The van der Waals surface area contributed by atoms with Gasteiger partial charge in [0.2, 0.25) is 0 Å². The Morgan fingerprint density at radius 2 is 1.79 bits per heavy atom. The zero-order chi connectivity index (χ0) is 19.6. The summed E-state index contributed by atoms with van der Waals surface area (Å²) in [5.74, 6) is 1.80. The Morgan fingerprint density at radius 3 is 2.69 bits per heavy atom. The van der Waals surface area contributed by atoms with Crippen molar-refractivity contribution in [3.8, 4) is 0 Å². The van der Waals surface area contributed by atoms with Crippen LogP contribution in [0.2, 0.25) is 0 Å². The lowest BCUT2D eigenvalue weighted by Gasteiger charge is -2.09. The number of rotatable bonds is 6. The Balaban J connectivity index is 1.39. The normalized spacial score (nSPS) is 11.3. The van der Waals surface area contributed by atoms with E-state index < -0.39 is 0 Å². The highest BCUT2D eigenvalue weighted by Crippen LogP contribution is 2.29. The van der Waals surface area contributed by atoms with Gasteiger partial charge in [0.1, 0.15) is 16.5 Å². The predicted octanol–water partition coefficient (Wildman–Crippen LogP) is 5.73. The van der Waals surface area contributed by atoms with E-state index in [1.807, 2.05) is 6.07 Å². The molecule has 3 heterocycles. The molecule has 5 heteroatoms. The van der Waals surface area contributed by atoms with Crippen LogP contribution in [0.3, 0.4) is 0 Å². The van der Waals surface area contributed by atoms with Gasteiger partial charge in [-0.05, 0) is 36.6 Å². The molecule has 5 rings (SSSR count). The molecule has 144 valence electrons. The Labute approximate surface area is 173 Å². The van der Waals surface area contributed by atoms with Crippen molar-refractivity contribution in [1.29, 1.82) is 0 Å². The molecule has 0 aliphatic carbocycles. The Morgan fingerprint density at radius 1 is 0.966 bits per heavy atom. The van der Waals surface area contributed by atoms with Crippen molar-refractivity contribution >= 4 is 38.3 Å². The van der Waals surface area contributed by atoms with Crippen LogP contribution < -0.4 is 5.32 Å². The molecule has 0 amide bonds. The highest BCUT2D eigenvalue weighted by atomic mass is 32.1. The van der Waals surface area contributed by atoms with E-state index in [2.05, 4.69) is 78.0 Å². The van der Waals surface area contributed by atoms with Crippen LogP contribution in [0.15, 0.2) is 66.9 Å². The van der Waals surface area contributed by atoms with E-state index in [4.69, 9.17) is 9.97 Å². The maximum atomic E-state index is 4.87. The zero-order valence-electron chi connectivity index (χ0n) is 16.3. The number of H-pyrrole nitrogens is 1. The summed E-state index contributed by atoms with van der Waals surface area (Å²) in [6.45, 7) is 2.95. The smallest absolute Gasteiger partial charge is 0.138 e. The van der Waals surface area contributed by atoms with Crippen LogP contribution in [0.5, 0.6) is 0 Å². The van der Waals surface area contributed by atoms with Crippen LogP contribution in [-0.2, 0) is 12.8 Å². The van der Waals surface area contributed by atoms with Crippen molar-refractivity contribution in [3.63, 3.8) is 0 Å². The summed E-state index contributed by atoms with van der Waals surface area (Å²) >= 11 is 1.73. The number of hydrogen-bond acceptors (Lipinski definition) is 4. The van der Waals surface area contributed by atoms with Gasteiger partial charge < -0.3 is 10.3 Å². The molecule has 0 unspecified atom stereocenters. The van der Waals surface area contributed by atoms with E-state index in [9.17, 15) is 0 Å². The van der Waals surface area contributed by atoms with Gasteiger partial charge in [0.25, 0.3) is 0 Å². The highest BCUT2D eigenvalue weighted by molar-refractivity contribution is 7.18. The first-order chi connectivity index (χ1) is 14.3. The number of aryl methyl sites for hydroxylation is 1. The van der Waals surface area contributed by atoms with Crippen molar-refractivity contribution < 1.29 is 0 Å². The molecule has 4 nitrogen and oxygen atoms in total. The number of fused-ring (bicyclic) bond motifs is 2. The van der Waals surface area contributed by atoms with Gasteiger partial charge in [0.15, 0.2) is 0 Å². The van der Waals surface area contributed by atoms with Crippen molar-refractivity contribution in [2.75, 3.05) is 11.9 Å². The van der Waals surface area contributed by atoms with Crippen LogP contribution in [0.25, 0.3) is 21.1 Å². The number of nitrogens with zero attached hydrogens (tertiary/aromatic N) is 2. The monoisotopic (exact) mass is 398 g/mol. The van der Waals surface area contributed by atoms with Gasteiger partial charge in [-0.3, -0.25) is 0 Å². The van der Waals surface area contributed by atoms with Crippen molar-refractivity contribution in [3.05, 3.63) is 88.7 Å². The minimum absolute atomic E-state index is 0.741. The number of aromatic amines is 1. The van der Waals surface area contributed by atoms with Gasteiger partial charge in [-0.25, -0.2) is 9.97 Å². The molecule has 29 heavy (non-hydrogen) atoms. The summed E-state index contributed by atoms with van der Waals surface area (Å²) in [6, 6.07) is 21.0. The summed E-state index contributed by atoms with van der Waals surface area (Å²) in [4.78, 5) is 15.3. The molecule has 0 bridgehead atoms. The SMILES string of the molecule is Cc1cc2c(NCCc3c[nH]c4ccccc34)nc(Cc3ccccc3)nc2s1. The second kappa shape index (κ2) is 7.68. The van der Waals surface area contributed by atoms with Gasteiger partial charge >= 0.3 is 0 Å². The van der Waals surface area contributed by atoms with Crippen LogP contribution >= 0.6 is 11.3 Å². The van der Waals surface area contributed by atoms with E-state index in [0.717, 1.165) is 41.2 Å². The molecule has 0 fully saturated rings. The molecule has 2 aromatic carbocycles. The van der Waals surface area contributed by atoms with Crippen molar-refractivity contribution in [2.24, 2.45) is 0 Å². The number of benzene rings is 2. The van der Waals surface area contributed by atoms with Crippen molar-refractivity contribution in [1.82, 2.24) is 15.0 Å². The van der Waals surface area contributed by atoms with Gasteiger partial charge in [0, 0.05) is 34.9 Å². The highest BCUT2D eigenvalue weighted by Gasteiger charge is 2.11. The first-order valence-corrected chi connectivity index (χ1v) is 10.7. The molecule has 0 spiro atoms.